The maximum Gasteiger partial charge on any atom is 0.573 e. The number of aryl methyl sites for hydroxylation is 1. The van der Waals surface area contributed by atoms with Gasteiger partial charge in [-0.05, 0) is 31.2 Å². The van der Waals surface area contributed by atoms with E-state index in [4.69, 9.17) is 5.73 Å². The summed E-state index contributed by atoms with van der Waals surface area (Å²) in [5.41, 5.74) is 6.21. The third kappa shape index (κ3) is 6.22. The highest BCUT2D eigenvalue weighted by Gasteiger charge is 2.30. The van der Waals surface area contributed by atoms with E-state index in [9.17, 15) is 13.2 Å². The van der Waals surface area contributed by atoms with Crippen molar-refractivity contribution in [1.29, 1.82) is 0 Å². The predicted octanol–water partition coefficient (Wildman–Crippen LogP) is 2.74. The SMILES string of the molecule is CCn1cnnc1CN=C(N)Nc1ccc(OC(F)(F)F)cc1.I. The molecule has 132 valence electrons. The molecule has 0 saturated carbocycles. The quantitative estimate of drug-likeness (QED) is 0.411. The lowest BCUT2D eigenvalue weighted by Crippen LogP contribution is -2.23. The van der Waals surface area contributed by atoms with Gasteiger partial charge < -0.3 is 20.4 Å². The van der Waals surface area contributed by atoms with Gasteiger partial charge in [-0.15, -0.1) is 47.3 Å². The van der Waals surface area contributed by atoms with Crippen molar-refractivity contribution < 1.29 is 17.9 Å². The van der Waals surface area contributed by atoms with Gasteiger partial charge in [-0.2, -0.15) is 0 Å². The molecule has 0 fully saturated rings. The zero-order chi connectivity index (χ0) is 16.9. The van der Waals surface area contributed by atoms with Crippen LogP contribution in [-0.4, -0.2) is 27.1 Å². The third-order valence-electron chi connectivity index (χ3n) is 2.79. The Morgan fingerprint density at radius 1 is 1.33 bits per heavy atom. The molecule has 0 bridgehead atoms. The Labute approximate surface area is 153 Å². The van der Waals surface area contributed by atoms with Crippen LogP contribution in [0, 0.1) is 0 Å². The fraction of sp³-hybridized carbons (Fsp3) is 0.308. The minimum Gasteiger partial charge on any atom is -0.406 e. The van der Waals surface area contributed by atoms with E-state index in [0.717, 1.165) is 0 Å². The normalized spacial score (nSPS) is 11.8. The number of aliphatic imine (C=N–C) groups is 1. The van der Waals surface area contributed by atoms with Crippen LogP contribution in [-0.2, 0) is 13.1 Å². The number of anilines is 1. The first kappa shape index (κ1) is 20.0. The highest BCUT2D eigenvalue weighted by atomic mass is 127. The van der Waals surface area contributed by atoms with Crippen molar-refractivity contribution in [3.8, 4) is 5.75 Å². The summed E-state index contributed by atoms with van der Waals surface area (Å²) in [5, 5.41) is 10.4. The summed E-state index contributed by atoms with van der Waals surface area (Å²) in [6.45, 7) is 2.90. The number of ether oxygens (including phenoxy) is 1. The van der Waals surface area contributed by atoms with E-state index in [1.807, 2.05) is 11.5 Å². The van der Waals surface area contributed by atoms with Crippen molar-refractivity contribution in [3.05, 3.63) is 36.4 Å². The number of aromatic nitrogens is 3. The average molecular weight is 456 g/mol. The van der Waals surface area contributed by atoms with Gasteiger partial charge in [-0.1, -0.05) is 0 Å². The van der Waals surface area contributed by atoms with Crippen molar-refractivity contribution in [2.45, 2.75) is 26.4 Å². The molecule has 1 heterocycles. The van der Waals surface area contributed by atoms with Gasteiger partial charge in [0.15, 0.2) is 11.8 Å². The summed E-state index contributed by atoms with van der Waals surface area (Å²) in [6, 6.07) is 5.16. The van der Waals surface area contributed by atoms with E-state index in [0.29, 0.717) is 18.1 Å². The first-order valence-corrected chi connectivity index (χ1v) is 6.67. The average Bonchev–Trinajstić information content (AvgIpc) is 2.93. The Morgan fingerprint density at radius 2 is 2.00 bits per heavy atom. The number of benzene rings is 1. The number of hydrogen-bond acceptors (Lipinski definition) is 4. The number of alkyl halides is 3. The highest BCUT2D eigenvalue weighted by molar-refractivity contribution is 14.0. The van der Waals surface area contributed by atoms with Gasteiger partial charge in [0.25, 0.3) is 0 Å². The fourth-order valence-electron chi connectivity index (χ4n) is 1.75. The number of nitrogens with zero attached hydrogens (tertiary/aromatic N) is 4. The molecule has 0 aliphatic rings. The molecule has 0 aliphatic carbocycles. The first-order chi connectivity index (χ1) is 10.9. The molecule has 1 aromatic carbocycles. The summed E-state index contributed by atoms with van der Waals surface area (Å²) >= 11 is 0. The number of guanidine groups is 1. The molecule has 2 aromatic rings. The van der Waals surface area contributed by atoms with Gasteiger partial charge in [0.05, 0.1) is 0 Å². The number of rotatable bonds is 5. The van der Waals surface area contributed by atoms with Gasteiger partial charge in [0.1, 0.15) is 18.6 Å². The van der Waals surface area contributed by atoms with E-state index in [1.54, 1.807) is 6.33 Å². The van der Waals surface area contributed by atoms with Crippen molar-refractivity contribution in [3.63, 3.8) is 0 Å². The van der Waals surface area contributed by atoms with E-state index >= 15 is 0 Å². The van der Waals surface area contributed by atoms with Crippen LogP contribution in [0.5, 0.6) is 5.75 Å². The zero-order valence-electron chi connectivity index (χ0n) is 12.6. The van der Waals surface area contributed by atoms with Gasteiger partial charge >= 0.3 is 6.36 Å². The summed E-state index contributed by atoms with van der Waals surface area (Å²) < 4.78 is 41.8. The third-order valence-corrected chi connectivity index (χ3v) is 2.79. The van der Waals surface area contributed by atoms with E-state index in [1.165, 1.54) is 24.3 Å². The lowest BCUT2D eigenvalue weighted by Gasteiger charge is -2.10. The molecule has 0 spiro atoms. The van der Waals surface area contributed by atoms with Crippen LogP contribution in [0.2, 0.25) is 0 Å². The Morgan fingerprint density at radius 3 is 2.58 bits per heavy atom. The Bertz CT molecular complexity index is 671. The summed E-state index contributed by atoms with van der Waals surface area (Å²) in [6.07, 6.45) is -3.13. The molecule has 0 unspecified atom stereocenters. The van der Waals surface area contributed by atoms with E-state index in [2.05, 4.69) is 25.2 Å². The minimum atomic E-state index is -4.72. The molecule has 11 heteroatoms. The minimum absolute atomic E-state index is 0. The summed E-state index contributed by atoms with van der Waals surface area (Å²) in [7, 11) is 0. The Kier molecular flexibility index (Phi) is 7.25. The van der Waals surface area contributed by atoms with Crippen LogP contribution in [0.1, 0.15) is 12.7 Å². The van der Waals surface area contributed by atoms with Crippen LogP contribution >= 0.6 is 24.0 Å². The van der Waals surface area contributed by atoms with Gasteiger partial charge in [-0.3, -0.25) is 0 Å². The highest BCUT2D eigenvalue weighted by Crippen LogP contribution is 2.23. The first-order valence-electron chi connectivity index (χ1n) is 6.67. The van der Waals surface area contributed by atoms with Crippen LogP contribution in [0.25, 0.3) is 0 Å². The molecule has 0 amide bonds. The monoisotopic (exact) mass is 456 g/mol. The van der Waals surface area contributed by atoms with Gasteiger partial charge in [0, 0.05) is 12.2 Å². The van der Waals surface area contributed by atoms with Crippen LogP contribution in [0.3, 0.4) is 0 Å². The second-order valence-electron chi connectivity index (χ2n) is 4.43. The molecular formula is C13H16F3IN6O. The molecule has 0 saturated heterocycles. The Hall–Kier alpha value is -2.05. The van der Waals surface area contributed by atoms with Crippen LogP contribution in [0.4, 0.5) is 18.9 Å². The molecule has 3 N–H and O–H groups in total. The van der Waals surface area contributed by atoms with E-state index < -0.39 is 6.36 Å². The molecule has 0 radical (unpaired) electrons. The lowest BCUT2D eigenvalue weighted by molar-refractivity contribution is -0.274. The number of nitrogens with one attached hydrogen (secondary N) is 1. The molecule has 24 heavy (non-hydrogen) atoms. The molecule has 0 aliphatic heterocycles. The lowest BCUT2D eigenvalue weighted by atomic mass is 10.3. The number of halogens is 4. The topological polar surface area (TPSA) is 90.4 Å². The Balaban J connectivity index is 0.00000288. The van der Waals surface area contributed by atoms with Crippen molar-refractivity contribution in [2.24, 2.45) is 10.7 Å². The number of hydrogen-bond donors (Lipinski definition) is 2. The second-order valence-corrected chi connectivity index (χ2v) is 4.43. The summed E-state index contributed by atoms with van der Waals surface area (Å²) in [5.74, 6) is 0.459. The molecule has 1 aromatic heterocycles. The molecule has 2 rings (SSSR count). The smallest absolute Gasteiger partial charge is 0.406 e. The van der Waals surface area contributed by atoms with Crippen LogP contribution < -0.4 is 15.8 Å². The van der Waals surface area contributed by atoms with Gasteiger partial charge in [0.2, 0.25) is 0 Å². The standard InChI is InChI=1S/C13H15F3N6O.HI/c1-2-22-8-19-21-11(22)7-18-12(17)20-9-3-5-10(6-4-9)23-13(14,15)16;/h3-6,8H,2,7H2,1H3,(H3,17,18,20);1H. The second kappa shape index (κ2) is 8.70. The maximum atomic E-state index is 12.1. The fourth-order valence-corrected chi connectivity index (χ4v) is 1.75. The van der Waals surface area contributed by atoms with Crippen molar-refractivity contribution >= 4 is 35.6 Å². The van der Waals surface area contributed by atoms with Crippen LogP contribution in [0.15, 0.2) is 35.6 Å². The van der Waals surface area contributed by atoms with Crippen molar-refractivity contribution in [1.82, 2.24) is 14.8 Å². The largest absolute Gasteiger partial charge is 0.573 e. The molecular weight excluding hydrogens is 440 g/mol. The zero-order valence-corrected chi connectivity index (χ0v) is 14.9. The van der Waals surface area contributed by atoms with Crippen molar-refractivity contribution in [2.75, 3.05) is 5.32 Å². The molecule has 7 nitrogen and oxygen atoms in total. The predicted molar refractivity (Wildman–Crippen MR) is 93.2 cm³/mol. The van der Waals surface area contributed by atoms with E-state index in [-0.39, 0.29) is 42.2 Å². The maximum absolute atomic E-state index is 12.1. The summed E-state index contributed by atoms with van der Waals surface area (Å²) in [4.78, 5) is 4.10. The number of nitrogens with two attached hydrogens (primary N) is 1. The molecule has 0 atom stereocenters. The van der Waals surface area contributed by atoms with Gasteiger partial charge in [-0.25, -0.2) is 4.99 Å².